The molecule has 2 atom stereocenters. The first-order valence-corrected chi connectivity index (χ1v) is 7.58. The molecule has 2 amide bonds. The summed E-state index contributed by atoms with van der Waals surface area (Å²) in [6.45, 7) is 8.00. The molecule has 120 valence electrons. The topological polar surface area (TPSA) is 73.3 Å². The Balaban J connectivity index is 1.87. The second-order valence-corrected chi connectivity index (χ2v) is 5.82. The van der Waals surface area contributed by atoms with Gasteiger partial charge in [-0.1, -0.05) is 0 Å². The fourth-order valence-electron chi connectivity index (χ4n) is 2.93. The molecule has 0 bridgehead atoms. The molecule has 2 heterocycles. The summed E-state index contributed by atoms with van der Waals surface area (Å²) in [7, 11) is 0. The van der Waals surface area contributed by atoms with Crippen molar-refractivity contribution in [1.82, 2.24) is 14.7 Å². The number of amides is 2. The molecule has 2 aliphatic rings. The minimum Gasteiger partial charge on any atom is -0.395 e. The van der Waals surface area contributed by atoms with Crippen LogP contribution in [0.5, 0.6) is 0 Å². The summed E-state index contributed by atoms with van der Waals surface area (Å²) in [4.78, 5) is 29.9. The lowest BCUT2D eigenvalue weighted by Crippen LogP contribution is -2.56. The summed E-state index contributed by atoms with van der Waals surface area (Å²) in [5, 5.41) is 8.91. The number of hydrogen-bond acceptors (Lipinski definition) is 5. The molecule has 2 fully saturated rings. The predicted molar refractivity (Wildman–Crippen MR) is 76.7 cm³/mol. The van der Waals surface area contributed by atoms with E-state index < -0.39 is 11.8 Å². The largest absolute Gasteiger partial charge is 0.395 e. The number of aliphatic hydroxyl groups is 1. The molecule has 2 rings (SSSR count). The summed E-state index contributed by atoms with van der Waals surface area (Å²) in [5.41, 5.74) is 0. The van der Waals surface area contributed by atoms with Crippen LogP contribution >= 0.6 is 0 Å². The average molecular weight is 299 g/mol. The first kappa shape index (κ1) is 16.2. The third-order valence-corrected chi connectivity index (χ3v) is 3.97. The molecule has 2 unspecified atom stereocenters. The van der Waals surface area contributed by atoms with Crippen LogP contribution in [0.3, 0.4) is 0 Å². The van der Waals surface area contributed by atoms with Crippen molar-refractivity contribution in [2.75, 3.05) is 52.4 Å². The summed E-state index contributed by atoms with van der Waals surface area (Å²) < 4.78 is 5.58. The van der Waals surface area contributed by atoms with Crippen molar-refractivity contribution >= 4 is 11.8 Å². The van der Waals surface area contributed by atoms with E-state index in [2.05, 4.69) is 4.90 Å². The van der Waals surface area contributed by atoms with Gasteiger partial charge in [0.2, 0.25) is 0 Å². The maximum atomic E-state index is 12.3. The molecule has 0 spiro atoms. The normalized spacial score (nSPS) is 27.8. The molecule has 1 N–H and O–H groups in total. The number of rotatable bonds is 2. The highest BCUT2D eigenvalue weighted by Crippen LogP contribution is 2.12. The number of morpholine rings is 1. The molecule has 0 radical (unpaired) electrons. The third-order valence-electron chi connectivity index (χ3n) is 3.97. The van der Waals surface area contributed by atoms with Crippen LogP contribution in [0, 0.1) is 0 Å². The monoisotopic (exact) mass is 299 g/mol. The molecule has 0 aliphatic carbocycles. The zero-order valence-electron chi connectivity index (χ0n) is 12.8. The van der Waals surface area contributed by atoms with Crippen LogP contribution in [0.15, 0.2) is 0 Å². The van der Waals surface area contributed by atoms with Gasteiger partial charge in [-0.3, -0.25) is 14.5 Å². The highest BCUT2D eigenvalue weighted by atomic mass is 16.5. The number of aliphatic hydroxyl groups excluding tert-OH is 1. The number of carbonyl (C=O) groups is 2. The van der Waals surface area contributed by atoms with E-state index in [1.54, 1.807) is 9.80 Å². The molecule has 2 aliphatic heterocycles. The maximum absolute atomic E-state index is 12.3. The first-order chi connectivity index (χ1) is 10.0. The minimum absolute atomic E-state index is 0.0353. The van der Waals surface area contributed by atoms with Crippen LogP contribution in [0.4, 0.5) is 0 Å². The number of β-amino-alcohol motifs (C(OH)–C–C–N with tert-alkyl or cyclic N) is 1. The lowest BCUT2D eigenvalue weighted by molar-refractivity contribution is -0.159. The molecular weight excluding hydrogens is 274 g/mol. The van der Waals surface area contributed by atoms with Crippen LogP contribution in [-0.4, -0.2) is 96.2 Å². The van der Waals surface area contributed by atoms with Crippen molar-refractivity contribution in [3.05, 3.63) is 0 Å². The third kappa shape index (κ3) is 4.15. The standard InChI is InChI=1S/C14H25N3O4/c1-11-9-17(10-12(2)21-11)14(20)13(19)16-5-3-15(4-6-16)7-8-18/h11-12,18H,3-10H2,1-2H3. The van der Waals surface area contributed by atoms with Crippen LogP contribution in [0.25, 0.3) is 0 Å². The molecule has 0 aromatic heterocycles. The van der Waals surface area contributed by atoms with Crippen molar-refractivity contribution < 1.29 is 19.4 Å². The molecular formula is C14H25N3O4. The van der Waals surface area contributed by atoms with Crippen molar-refractivity contribution in [3.63, 3.8) is 0 Å². The quantitative estimate of drug-likeness (QED) is 0.646. The maximum Gasteiger partial charge on any atom is 0.312 e. The molecule has 7 heteroatoms. The molecule has 7 nitrogen and oxygen atoms in total. The van der Waals surface area contributed by atoms with Crippen molar-refractivity contribution in [2.24, 2.45) is 0 Å². The summed E-state index contributed by atoms with van der Waals surface area (Å²) in [6.07, 6.45) is -0.0706. The highest BCUT2D eigenvalue weighted by molar-refractivity contribution is 6.34. The van der Waals surface area contributed by atoms with Gasteiger partial charge in [-0.15, -0.1) is 0 Å². The fraction of sp³-hybridized carbons (Fsp3) is 0.857. The second kappa shape index (κ2) is 7.20. The zero-order valence-corrected chi connectivity index (χ0v) is 12.8. The Morgan fingerprint density at radius 2 is 1.52 bits per heavy atom. The minimum atomic E-state index is -0.424. The van der Waals surface area contributed by atoms with Crippen LogP contribution in [0.1, 0.15) is 13.8 Å². The van der Waals surface area contributed by atoms with Gasteiger partial charge < -0.3 is 19.6 Å². The summed E-state index contributed by atoms with van der Waals surface area (Å²) in [6, 6.07) is 0. The van der Waals surface area contributed by atoms with Gasteiger partial charge in [0.25, 0.3) is 0 Å². The van der Waals surface area contributed by atoms with E-state index in [0.717, 1.165) is 0 Å². The average Bonchev–Trinajstić information content (AvgIpc) is 2.46. The van der Waals surface area contributed by atoms with Gasteiger partial charge in [0.1, 0.15) is 0 Å². The zero-order chi connectivity index (χ0) is 15.4. The Morgan fingerprint density at radius 1 is 1.00 bits per heavy atom. The Labute approximate surface area is 125 Å². The second-order valence-electron chi connectivity index (χ2n) is 5.82. The summed E-state index contributed by atoms with van der Waals surface area (Å²) in [5.74, 6) is -0.840. The van der Waals surface area contributed by atoms with E-state index >= 15 is 0 Å². The Morgan fingerprint density at radius 3 is 2.05 bits per heavy atom. The van der Waals surface area contributed by atoms with E-state index in [4.69, 9.17) is 9.84 Å². The molecule has 0 aromatic rings. The van der Waals surface area contributed by atoms with Gasteiger partial charge >= 0.3 is 11.8 Å². The molecule has 21 heavy (non-hydrogen) atoms. The van der Waals surface area contributed by atoms with E-state index in [-0.39, 0.29) is 18.8 Å². The van der Waals surface area contributed by atoms with Crippen LogP contribution in [-0.2, 0) is 14.3 Å². The van der Waals surface area contributed by atoms with Gasteiger partial charge in [-0.25, -0.2) is 0 Å². The SMILES string of the molecule is CC1CN(C(=O)C(=O)N2CCN(CCO)CC2)CC(C)O1. The predicted octanol–water partition coefficient (Wildman–Crippen LogP) is -1.24. The first-order valence-electron chi connectivity index (χ1n) is 7.58. The van der Waals surface area contributed by atoms with E-state index in [0.29, 0.717) is 45.8 Å². The van der Waals surface area contributed by atoms with Gasteiger partial charge in [0.15, 0.2) is 0 Å². The highest BCUT2D eigenvalue weighted by Gasteiger charge is 2.33. The fourth-order valence-corrected chi connectivity index (χ4v) is 2.93. The van der Waals surface area contributed by atoms with E-state index in [9.17, 15) is 9.59 Å². The van der Waals surface area contributed by atoms with E-state index in [1.807, 2.05) is 13.8 Å². The lowest BCUT2D eigenvalue weighted by atomic mass is 10.2. The van der Waals surface area contributed by atoms with Gasteiger partial charge in [-0.05, 0) is 13.8 Å². The van der Waals surface area contributed by atoms with Crippen LogP contribution < -0.4 is 0 Å². The molecule has 0 aromatic carbocycles. The van der Waals surface area contributed by atoms with Crippen molar-refractivity contribution in [2.45, 2.75) is 26.1 Å². The Bertz CT molecular complexity index is 372. The Hall–Kier alpha value is -1.18. The number of piperazine rings is 1. The van der Waals surface area contributed by atoms with E-state index in [1.165, 1.54) is 0 Å². The van der Waals surface area contributed by atoms with Gasteiger partial charge in [0.05, 0.1) is 18.8 Å². The lowest BCUT2D eigenvalue weighted by Gasteiger charge is -2.38. The number of carbonyl (C=O) groups excluding carboxylic acids is 2. The number of ether oxygens (including phenoxy) is 1. The van der Waals surface area contributed by atoms with Crippen LogP contribution in [0.2, 0.25) is 0 Å². The smallest absolute Gasteiger partial charge is 0.312 e. The van der Waals surface area contributed by atoms with Gasteiger partial charge in [-0.2, -0.15) is 0 Å². The Kier molecular flexibility index (Phi) is 5.55. The number of nitrogens with zero attached hydrogens (tertiary/aromatic N) is 3. The van der Waals surface area contributed by atoms with Gasteiger partial charge in [0, 0.05) is 45.8 Å². The molecule has 0 saturated carbocycles. The summed E-state index contributed by atoms with van der Waals surface area (Å²) >= 11 is 0. The van der Waals surface area contributed by atoms with Crippen molar-refractivity contribution in [1.29, 1.82) is 0 Å². The van der Waals surface area contributed by atoms with Crippen molar-refractivity contribution in [3.8, 4) is 0 Å². The number of hydrogen-bond donors (Lipinski definition) is 1. The molecule has 2 saturated heterocycles.